The maximum absolute atomic E-state index is 13.2. The Morgan fingerprint density at radius 3 is 2.81 bits per heavy atom. The van der Waals surface area contributed by atoms with Crippen LogP contribution in [-0.2, 0) is 4.79 Å². The number of carboxylic acid groups (broad SMARTS) is 1. The lowest BCUT2D eigenvalue weighted by Crippen LogP contribution is -2.38. The molecule has 1 saturated heterocycles. The van der Waals surface area contributed by atoms with E-state index in [9.17, 15) is 19.1 Å². The number of anilines is 1. The summed E-state index contributed by atoms with van der Waals surface area (Å²) in [5.41, 5.74) is -0.728. The van der Waals surface area contributed by atoms with Crippen LogP contribution < -0.4 is 5.32 Å². The molecule has 1 aromatic carbocycles. The van der Waals surface area contributed by atoms with Gasteiger partial charge in [-0.05, 0) is 31.0 Å². The van der Waals surface area contributed by atoms with Crippen LogP contribution in [0.2, 0.25) is 5.02 Å². The molecule has 0 spiro atoms. The first-order valence-electron chi connectivity index (χ1n) is 6.62. The van der Waals surface area contributed by atoms with Crippen molar-refractivity contribution >= 4 is 29.3 Å². The van der Waals surface area contributed by atoms with Gasteiger partial charge in [-0.1, -0.05) is 18.5 Å². The van der Waals surface area contributed by atoms with E-state index in [-0.39, 0.29) is 17.3 Å². The normalized spacial score (nSPS) is 21.4. The number of amides is 2. The zero-order valence-electron chi connectivity index (χ0n) is 11.5. The van der Waals surface area contributed by atoms with E-state index in [4.69, 9.17) is 11.6 Å². The van der Waals surface area contributed by atoms with E-state index in [0.29, 0.717) is 19.4 Å². The third-order valence-corrected chi connectivity index (χ3v) is 4.27. The van der Waals surface area contributed by atoms with Crippen LogP contribution >= 0.6 is 11.6 Å². The van der Waals surface area contributed by atoms with E-state index in [1.54, 1.807) is 6.92 Å². The molecule has 114 valence electrons. The Bertz CT molecular complexity index is 581. The Morgan fingerprint density at radius 2 is 2.24 bits per heavy atom. The third-order valence-electron chi connectivity index (χ3n) is 3.94. The number of urea groups is 1. The molecule has 1 atom stereocenters. The summed E-state index contributed by atoms with van der Waals surface area (Å²) in [4.78, 5) is 24.9. The number of hydrogen-bond donors (Lipinski definition) is 2. The molecule has 7 heteroatoms. The number of nitrogens with zero attached hydrogens (tertiary/aromatic N) is 1. The fourth-order valence-corrected chi connectivity index (χ4v) is 2.61. The van der Waals surface area contributed by atoms with E-state index >= 15 is 0 Å². The van der Waals surface area contributed by atoms with Crippen molar-refractivity contribution in [3.8, 4) is 0 Å². The molecular formula is C14H16ClFN2O3. The molecule has 0 saturated carbocycles. The number of halogens is 2. The van der Waals surface area contributed by atoms with Gasteiger partial charge in [0.1, 0.15) is 5.82 Å². The smallest absolute Gasteiger partial charge is 0.321 e. The zero-order chi connectivity index (χ0) is 15.6. The van der Waals surface area contributed by atoms with Gasteiger partial charge < -0.3 is 15.3 Å². The number of carbonyl (C=O) groups excluding carboxylic acids is 1. The molecule has 0 aromatic heterocycles. The van der Waals surface area contributed by atoms with Crippen LogP contribution in [0.3, 0.4) is 0 Å². The summed E-state index contributed by atoms with van der Waals surface area (Å²) >= 11 is 5.89. The molecule has 1 aliphatic heterocycles. The fourth-order valence-electron chi connectivity index (χ4n) is 2.45. The highest BCUT2D eigenvalue weighted by molar-refractivity contribution is 6.33. The summed E-state index contributed by atoms with van der Waals surface area (Å²) in [5, 5.41) is 12.0. The number of benzene rings is 1. The summed E-state index contributed by atoms with van der Waals surface area (Å²) in [7, 11) is 0. The zero-order valence-corrected chi connectivity index (χ0v) is 12.3. The average Bonchev–Trinajstić information content (AvgIpc) is 2.89. The van der Waals surface area contributed by atoms with Crippen LogP contribution in [-0.4, -0.2) is 35.1 Å². The summed E-state index contributed by atoms with van der Waals surface area (Å²) in [6.07, 6.45) is 0.857. The van der Waals surface area contributed by atoms with Crippen molar-refractivity contribution in [2.24, 2.45) is 5.41 Å². The predicted molar refractivity (Wildman–Crippen MR) is 77.0 cm³/mol. The molecule has 1 fully saturated rings. The van der Waals surface area contributed by atoms with E-state index in [1.165, 1.54) is 17.0 Å². The van der Waals surface area contributed by atoms with Crippen LogP contribution in [0, 0.1) is 11.2 Å². The van der Waals surface area contributed by atoms with Gasteiger partial charge in [0.25, 0.3) is 0 Å². The quantitative estimate of drug-likeness (QED) is 0.900. The minimum atomic E-state index is -0.900. The number of likely N-dealkylation sites (tertiary alicyclic amines) is 1. The lowest BCUT2D eigenvalue weighted by atomic mass is 9.84. The van der Waals surface area contributed by atoms with E-state index in [2.05, 4.69) is 5.32 Å². The minimum absolute atomic E-state index is 0.137. The molecule has 0 bridgehead atoms. The van der Waals surface area contributed by atoms with Crippen molar-refractivity contribution in [3.05, 3.63) is 29.0 Å². The number of nitrogens with one attached hydrogen (secondary N) is 1. The van der Waals surface area contributed by atoms with Crippen molar-refractivity contribution in [2.45, 2.75) is 19.8 Å². The molecule has 1 aliphatic rings. The molecule has 0 aliphatic carbocycles. The lowest BCUT2D eigenvalue weighted by Gasteiger charge is -2.23. The molecule has 0 radical (unpaired) electrons. The fraction of sp³-hybridized carbons (Fsp3) is 0.429. The topological polar surface area (TPSA) is 69.6 Å². The van der Waals surface area contributed by atoms with Gasteiger partial charge in [-0.2, -0.15) is 0 Å². The molecule has 21 heavy (non-hydrogen) atoms. The summed E-state index contributed by atoms with van der Waals surface area (Å²) in [6.45, 7) is 2.27. The second-order valence-electron chi connectivity index (χ2n) is 5.16. The van der Waals surface area contributed by atoms with Gasteiger partial charge in [0, 0.05) is 13.1 Å². The molecule has 2 N–H and O–H groups in total. The molecule has 1 unspecified atom stereocenters. The summed E-state index contributed by atoms with van der Waals surface area (Å²) in [5.74, 6) is -1.41. The lowest BCUT2D eigenvalue weighted by molar-refractivity contribution is -0.148. The van der Waals surface area contributed by atoms with Crippen molar-refractivity contribution in [3.63, 3.8) is 0 Å². The third kappa shape index (κ3) is 3.10. The van der Waals surface area contributed by atoms with Crippen LogP contribution in [0.15, 0.2) is 18.2 Å². The van der Waals surface area contributed by atoms with Gasteiger partial charge >= 0.3 is 12.0 Å². The Hall–Kier alpha value is -1.82. The summed E-state index contributed by atoms with van der Waals surface area (Å²) in [6, 6.07) is 3.20. The highest BCUT2D eigenvalue weighted by Gasteiger charge is 2.44. The van der Waals surface area contributed by atoms with Gasteiger partial charge in [0.2, 0.25) is 0 Å². The van der Waals surface area contributed by atoms with Crippen LogP contribution in [0.4, 0.5) is 14.9 Å². The molecular weight excluding hydrogens is 299 g/mol. The standard InChI is InChI=1S/C14H16ClFN2O3/c1-2-14(12(19)20)5-6-18(8-14)13(21)17-11-7-9(16)3-4-10(11)15/h3-4,7H,2,5-6,8H2,1H3,(H,17,21)(H,19,20). The average molecular weight is 315 g/mol. The van der Waals surface area contributed by atoms with Gasteiger partial charge in [0.05, 0.1) is 16.1 Å². The Labute approximate surface area is 126 Å². The number of hydrogen-bond acceptors (Lipinski definition) is 2. The van der Waals surface area contributed by atoms with Gasteiger partial charge in [0.15, 0.2) is 0 Å². The van der Waals surface area contributed by atoms with E-state index in [0.717, 1.165) is 6.07 Å². The van der Waals surface area contributed by atoms with Crippen LogP contribution in [0.5, 0.6) is 0 Å². The van der Waals surface area contributed by atoms with Gasteiger partial charge in [-0.15, -0.1) is 0 Å². The van der Waals surface area contributed by atoms with E-state index in [1.807, 2.05) is 0 Å². The molecule has 2 amide bonds. The first kappa shape index (κ1) is 15.6. The highest BCUT2D eigenvalue weighted by Crippen LogP contribution is 2.34. The Kier molecular flexibility index (Phi) is 4.37. The second kappa shape index (κ2) is 5.89. The number of aliphatic carboxylic acids is 1. The van der Waals surface area contributed by atoms with Crippen molar-refractivity contribution in [1.29, 1.82) is 0 Å². The Morgan fingerprint density at radius 1 is 1.52 bits per heavy atom. The predicted octanol–water partition coefficient (Wildman–Crippen LogP) is 3.20. The SMILES string of the molecule is CCC1(C(=O)O)CCN(C(=O)Nc2cc(F)ccc2Cl)C1. The second-order valence-corrected chi connectivity index (χ2v) is 5.57. The van der Waals surface area contributed by atoms with Crippen molar-refractivity contribution in [1.82, 2.24) is 4.90 Å². The van der Waals surface area contributed by atoms with Crippen LogP contribution in [0.25, 0.3) is 0 Å². The molecule has 2 rings (SSSR count). The highest BCUT2D eigenvalue weighted by atomic mass is 35.5. The van der Waals surface area contributed by atoms with Gasteiger partial charge in [-0.25, -0.2) is 9.18 Å². The first-order chi connectivity index (χ1) is 9.88. The van der Waals surface area contributed by atoms with Crippen molar-refractivity contribution < 1.29 is 19.1 Å². The van der Waals surface area contributed by atoms with Crippen molar-refractivity contribution in [2.75, 3.05) is 18.4 Å². The number of carbonyl (C=O) groups is 2. The molecule has 1 heterocycles. The maximum atomic E-state index is 13.2. The van der Waals surface area contributed by atoms with Crippen LogP contribution in [0.1, 0.15) is 19.8 Å². The maximum Gasteiger partial charge on any atom is 0.321 e. The minimum Gasteiger partial charge on any atom is -0.481 e. The first-order valence-corrected chi connectivity index (χ1v) is 7.00. The van der Waals surface area contributed by atoms with Gasteiger partial charge in [-0.3, -0.25) is 4.79 Å². The molecule has 1 aromatic rings. The Balaban J connectivity index is 2.09. The number of rotatable bonds is 3. The largest absolute Gasteiger partial charge is 0.481 e. The number of carboxylic acids is 1. The molecule has 5 nitrogen and oxygen atoms in total. The monoisotopic (exact) mass is 314 g/mol. The summed E-state index contributed by atoms with van der Waals surface area (Å²) < 4.78 is 13.2. The van der Waals surface area contributed by atoms with E-state index < -0.39 is 23.2 Å².